The number of hydrogen-bond acceptors (Lipinski definition) is 4. The van der Waals surface area contributed by atoms with Crippen LogP contribution in [-0.4, -0.2) is 29.5 Å². The standard InChI is InChI=1S/C15H15FO3S2/c16-11-2-1-3-12-13(11)10(14(21-12)15(17)18)8-20-9-4-6-19-7-5-9/h1-3,9H,4-8H2,(H,17,18). The maximum atomic E-state index is 14.1. The molecule has 1 aliphatic rings. The summed E-state index contributed by atoms with van der Waals surface area (Å²) in [5.41, 5.74) is 0.622. The van der Waals surface area contributed by atoms with Gasteiger partial charge in [-0.25, -0.2) is 9.18 Å². The number of rotatable bonds is 4. The van der Waals surface area contributed by atoms with Gasteiger partial charge in [0.25, 0.3) is 0 Å². The van der Waals surface area contributed by atoms with Gasteiger partial charge in [-0.3, -0.25) is 0 Å². The molecule has 0 saturated carbocycles. The van der Waals surface area contributed by atoms with E-state index in [1.54, 1.807) is 23.9 Å². The maximum Gasteiger partial charge on any atom is 0.346 e. The van der Waals surface area contributed by atoms with Gasteiger partial charge in [0.2, 0.25) is 0 Å². The van der Waals surface area contributed by atoms with Crippen molar-refractivity contribution in [3.8, 4) is 0 Å². The number of fused-ring (bicyclic) bond motifs is 1. The Bertz CT molecular complexity index is 662. The van der Waals surface area contributed by atoms with E-state index in [-0.39, 0.29) is 10.7 Å². The van der Waals surface area contributed by atoms with Crippen LogP contribution in [0.2, 0.25) is 0 Å². The number of ether oxygens (including phenoxy) is 1. The van der Waals surface area contributed by atoms with Crippen LogP contribution < -0.4 is 0 Å². The van der Waals surface area contributed by atoms with Crippen LogP contribution >= 0.6 is 23.1 Å². The zero-order valence-electron chi connectivity index (χ0n) is 11.3. The Morgan fingerprint density at radius 2 is 2.19 bits per heavy atom. The first-order chi connectivity index (χ1) is 10.2. The summed E-state index contributed by atoms with van der Waals surface area (Å²) in [5, 5.41) is 10.3. The van der Waals surface area contributed by atoms with Crippen molar-refractivity contribution >= 4 is 39.2 Å². The predicted molar refractivity (Wildman–Crippen MR) is 83.9 cm³/mol. The zero-order chi connectivity index (χ0) is 14.8. The summed E-state index contributed by atoms with van der Waals surface area (Å²) in [6.07, 6.45) is 1.94. The van der Waals surface area contributed by atoms with E-state index >= 15 is 0 Å². The van der Waals surface area contributed by atoms with E-state index in [0.717, 1.165) is 37.4 Å². The van der Waals surface area contributed by atoms with Crippen molar-refractivity contribution in [3.05, 3.63) is 34.5 Å². The van der Waals surface area contributed by atoms with Crippen LogP contribution in [0.5, 0.6) is 0 Å². The second kappa shape index (κ2) is 6.34. The molecule has 2 heterocycles. The van der Waals surface area contributed by atoms with Gasteiger partial charge >= 0.3 is 5.97 Å². The van der Waals surface area contributed by atoms with Crippen molar-refractivity contribution < 1.29 is 19.0 Å². The van der Waals surface area contributed by atoms with Gasteiger partial charge in [-0.05, 0) is 30.5 Å². The van der Waals surface area contributed by atoms with Gasteiger partial charge in [0, 0.05) is 34.3 Å². The molecular formula is C15H15FO3S2. The summed E-state index contributed by atoms with van der Waals surface area (Å²) < 4.78 is 20.1. The van der Waals surface area contributed by atoms with E-state index in [0.29, 0.717) is 26.7 Å². The third-order valence-corrected chi connectivity index (χ3v) is 6.17. The van der Waals surface area contributed by atoms with Crippen LogP contribution in [0.3, 0.4) is 0 Å². The highest BCUT2D eigenvalue weighted by Crippen LogP contribution is 2.37. The minimum absolute atomic E-state index is 0.259. The maximum absolute atomic E-state index is 14.1. The zero-order valence-corrected chi connectivity index (χ0v) is 12.9. The molecular weight excluding hydrogens is 311 g/mol. The number of thiophene rings is 1. The van der Waals surface area contributed by atoms with Crippen molar-refractivity contribution in [1.29, 1.82) is 0 Å². The van der Waals surface area contributed by atoms with Gasteiger partial charge in [-0.2, -0.15) is 11.8 Å². The highest BCUT2D eigenvalue weighted by Gasteiger charge is 2.22. The molecule has 21 heavy (non-hydrogen) atoms. The Kier molecular flexibility index (Phi) is 4.47. The third kappa shape index (κ3) is 3.07. The molecule has 0 radical (unpaired) electrons. The molecule has 1 N–H and O–H groups in total. The van der Waals surface area contributed by atoms with E-state index in [4.69, 9.17) is 4.74 Å². The highest BCUT2D eigenvalue weighted by atomic mass is 32.2. The van der Waals surface area contributed by atoms with Crippen LogP contribution in [0.15, 0.2) is 18.2 Å². The Labute approximate surface area is 130 Å². The van der Waals surface area contributed by atoms with Crippen molar-refractivity contribution in [1.82, 2.24) is 0 Å². The first-order valence-electron chi connectivity index (χ1n) is 6.79. The lowest BCUT2D eigenvalue weighted by Gasteiger charge is -2.21. The lowest BCUT2D eigenvalue weighted by atomic mass is 10.1. The number of thioether (sulfide) groups is 1. The predicted octanol–water partition coefficient (Wildman–Crippen LogP) is 4.15. The fourth-order valence-electron chi connectivity index (χ4n) is 2.52. The summed E-state index contributed by atoms with van der Waals surface area (Å²) in [5.74, 6) is -0.773. The van der Waals surface area contributed by atoms with Gasteiger partial charge in [0.15, 0.2) is 0 Å². The smallest absolute Gasteiger partial charge is 0.346 e. The van der Waals surface area contributed by atoms with Gasteiger partial charge in [0.1, 0.15) is 10.7 Å². The normalized spacial score (nSPS) is 16.4. The van der Waals surface area contributed by atoms with Crippen LogP contribution in [0.25, 0.3) is 10.1 Å². The van der Waals surface area contributed by atoms with Crippen LogP contribution in [0.4, 0.5) is 4.39 Å². The van der Waals surface area contributed by atoms with E-state index in [1.807, 2.05) is 0 Å². The number of hydrogen-bond donors (Lipinski definition) is 1. The first-order valence-corrected chi connectivity index (χ1v) is 8.66. The molecule has 3 nitrogen and oxygen atoms in total. The molecule has 1 aromatic heterocycles. The SMILES string of the molecule is O=C(O)c1sc2cccc(F)c2c1CSC1CCOCC1. The number of benzene rings is 1. The third-order valence-electron chi connectivity index (χ3n) is 3.59. The van der Waals surface area contributed by atoms with E-state index in [2.05, 4.69) is 0 Å². The highest BCUT2D eigenvalue weighted by molar-refractivity contribution is 7.99. The average molecular weight is 326 g/mol. The van der Waals surface area contributed by atoms with E-state index < -0.39 is 5.97 Å². The summed E-state index contributed by atoms with van der Waals surface area (Å²) in [6, 6.07) is 4.79. The molecule has 0 atom stereocenters. The lowest BCUT2D eigenvalue weighted by Crippen LogP contribution is -2.17. The van der Waals surface area contributed by atoms with Gasteiger partial charge in [0.05, 0.1) is 0 Å². The molecule has 0 spiro atoms. The molecule has 1 fully saturated rings. The minimum atomic E-state index is -0.974. The Morgan fingerprint density at radius 3 is 2.90 bits per heavy atom. The molecule has 112 valence electrons. The van der Waals surface area contributed by atoms with Crippen molar-refractivity contribution in [2.24, 2.45) is 0 Å². The molecule has 1 aliphatic heterocycles. The summed E-state index contributed by atoms with van der Waals surface area (Å²) >= 11 is 2.86. The van der Waals surface area contributed by atoms with Crippen LogP contribution in [0.1, 0.15) is 28.1 Å². The topological polar surface area (TPSA) is 46.5 Å². The van der Waals surface area contributed by atoms with Crippen LogP contribution in [0, 0.1) is 5.82 Å². The molecule has 2 aromatic rings. The number of aromatic carboxylic acids is 1. The summed E-state index contributed by atoms with van der Waals surface area (Å²) in [6.45, 7) is 1.50. The second-order valence-electron chi connectivity index (χ2n) is 4.95. The van der Waals surface area contributed by atoms with Crippen molar-refractivity contribution in [2.45, 2.75) is 23.8 Å². The van der Waals surface area contributed by atoms with Crippen molar-refractivity contribution in [3.63, 3.8) is 0 Å². The minimum Gasteiger partial charge on any atom is -0.477 e. The molecule has 0 unspecified atom stereocenters. The molecule has 0 aliphatic carbocycles. The largest absolute Gasteiger partial charge is 0.477 e. The molecule has 6 heteroatoms. The number of carbonyl (C=O) groups is 1. The van der Waals surface area contributed by atoms with E-state index in [1.165, 1.54) is 6.07 Å². The second-order valence-corrected chi connectivity index (χ2v) is 7.29. The first kappa shape index (κ1) is 14.8. The molecule has 1 saturated heterocycles. The summed E-state index contributed by atoms with van der Waals surface area (Å²) in [7, 11) is 0. The number of halogens is 1. The van der Waals surface area contributed by atoms with Gasteiger partial charge in [-0.15, -0.1) is 11.3 Å². The van der Waals surface area contributed by atoms with Crippen LogP contribution in [-0.2, 0) is 10.5 Å². The number of carboxylic acid groups (broad SMARTS) is 1. The Hall–Kier alpha value is -1.11. The molecule has 1 aromatic carbocycles. The molecule has 3 rings (SSSR count). The quantitative estimate of drug-likeness (QED) is 0.917. The van der Waals surface area contributed by atoms with Crippen molar-refractivity contribution in [2.75, 3.05) is 13.2 Å². The summed E-state index contributed by atoms with van der Waals surface area (Å²) in [4.78, 5) is 11.7. The van der Waals surface area contributed by atoms with Gasteiger partial charge in [-0.1, -0.05) is 6.07 Å². The number of carboxylic acids is 1. The molecule has 0 bridgehead atoms. The lowest BCUT2D eigenvalue weighted by molar-refractivity contribution is 0.0701. The van der Waals surface area contributed by atoms with Gasteiger partial charge < -0.3 is 9.84 Å². The fraction of sp³-hybridized carbons (Fsp3) is 0.400. The fourth-order valence-corrected chi connectivity index (χ4v) is 4.90. The Balaban J connectivity index is 1.91. The van der Waals surface area contributed by atoms with E-state index in [9.17, 15) is 14.3 Å². The molecule has 0 amide bonds. The Morgan fingerprint density at radius 1 is 1.43 bits per heavy atom. The monoisotopic (exact) mass is 326 g/mol. The average Bonchev–Trinajstić information content (AvgIpc) is 2.86.